The van der Waals surface area contributed by atoms with Gasteiger partial charge in [0.2, 0.25) is 5.95 Å². The number of pyridine rings is 4. The van der Waals surface area contributed by atoms with Crippen molar-refractivity contribution in [2.24, 2.45) is 0 Å². The van der Waals surface area contributed by atoms with E-state index in [9.17, 15) is 46.3 Å². The number of H-pyrrole nitrogens is 2. The minimum atomic E-state index is -4.63. The topological polar surface area (TPSA) is 256 Å². The van der Waals surface area contributed by atoms with Gasteiger partial charge in [-0.3, -0.25) is 52.2 Å². The summed E-state index contributed by atoms with van der Waals surface area (Å²) in [7, 11) is 2.95. The molecule has 0 spiro atoms. The van der Waals surface area contributed by atoms with E-state index in [0.717, 1.165) is 39.7 Å². The smallest absolute Gasteiger partial charge is 0.383 e. The van der Waals surface area contributed by atoms with Crippen LogP contribution in [0.4, 0.5) is 29.2 Å². The molecule has 8 heterocycles. The van der Waals surface area contributed by atoms with Gasteiger partial charge < -0.3 is 19.4 Å². The first kappa shape index (κ1) is 55.2. The van der Waals surface area contributed by atoms with Gasteiger partial charge in [-0.05, 0) is 48.5 Å². The summed E-state index contributed by atoms with van der Waals surface area (Å²) >= 11 is 0. The zero-order chi connectivity index (χ0) is 55.6. The maximum Gasteiger partial charge on any atom is 0.433 e. The third kappa shape index (κ3) is 11.9. The SMILES string of the molecule is C=CCn1c(=O)c2[nH]c(-c3ccc(N(CCOC)C(=O)c4ccc(C(F)(F)F)nc4)nc3)nc2n(CC=C)c1=O.C=CCn1c(=O)c2[nH]c(-c3ccc(N(CCOC)C(=O)c4ccc(F)nc4)nc3)nc2n(CC=C)c1=O. The number of alkyl halides is 3. The molecule has 0 atom stereocenters. The molecule has 8 rings (SSSR count). The molecule has 22 nitrogen and oxygen atoms in total. The second-order valence-corrected chi connectivity index (χ2v) is 16.3. The highest BCUT2D eigenvalue weighted by molar-refractivity contribution is 6.06. The molecule has 8 aromatic rings. The quantitative estimate of drug-likeness (QED) is 0.0567. The van der Waals surface area contributed by atoms with Crippen LogP contribution in [0.5, 0.6) is 0 Å². The average Bonchev–Trinajstić information content (AvgIpc) is 4.16. The van der Waals surface area contributed by atoms with E-state index in [0.29, 0.717) is 22.8 Å². The lowest BCUT2D eigenvalue weighted by molar-refractivity contribution is -0.141. The van der Waals surface area contributed by atoms with Crippen LogP contribution in [0.3, 0.4) is 0 Å². The molecule has 0 aliphatic carbocycles. The zero-order valence-electron chi connectivity index (χ0n) is 41.4. The summed E-state index contributed by atoms with van der Waals surface area (Å²) in [6.45, 7) is 15.5. The van der Waals surface area contributed by atoms with E-state index in [4.69, 9.17) is 9.47 Å². The van der Waals surface area contributed by atoms with Crippen molar-refractivity contribution in [3.05, 3.63) is 188 Å². The fourth-order valence-electron chi connectivity index (χ4n) is 7.65. The van der Waals surface area contributed by atoms with E-state index in [1.807, 2.05) is 0 Å². The van der Waals surface area contributed by atoms with Gasteiger partial charge in [0, 0.05) is 76.3 Å². The standard InChI is InChI=1S/C26H24F3N7O4.C25H24FN7O4/c1-4-10-35-22-20(24(38)36(11-5-2)25(35)39)32-21(33-22)16-7-9-19(31-14-16)34(12-13-40-3)23(37)17-6-8-18(30-15-17)26(27,28)29;1-4-10-32-22-20(24(35)33(11-5-2)25(32)36)29-21(30-22)16-7-9-19(28-14-16)31(12-13-37-3)23(34)17-6-8-18(26)27-15-17/h4-9,14-15H,1-2,10-13H2,3H3,(H,32,33);4-9,14-15H,1-2,10-13H2,3H3,(H,29,30). The van der Waals surface area contributed by atoms with Crippen LogP contribution in [0, 0.1) is 5.95 Å². The number of nitrogens with zero attached hydrogens (tertiary/aromatic N) is 12. The second-order valence-electron chi connectivity index (χ2n) is 16.3. The Labute approximate surface area is 433 Å². The van der Waals surface area contributed by atoms with Gasteiger partial charge in [-0.2, -0.15) is 17.6 Å². The monoisotopic (exact) mass is 1060 g/mol. The molecule has 0 fully saturated rings. The van der Waals surface area contributed by atoms with Crippen molar-refractivity contribution in [3.8, 4) is 22.8 Å². The molecule has 26 heteroatoms. The van der Waals surface area contributed by atoms with Crippen LogP contribution in [0.25, 0.3) is 45.1 Å². The fourth-order valence-corrected chi connectivity index (χ4v) is 7.65. The summed E-state index contributed by atoms with van der Waals surface area (Å²) in [6.07, 6.45) is 6.21. The van der Waals surface area contributed by atoms with Crippen molar-refractivity contribution < 1.29 is 36.6 Å². The van der Waals surface area contributed by atoms with Crippen LogP contribution >= 0.6 is 0 Å². The molecule has 0 saturated heterocycles. The molecule has 8 aromatic heterocycles. The number of hydrogen-bond acceptors (Lipinski definition) is 14. The lowest BCUT2D eigenvalue weighted by Crippen LogP contribution is -2.39. The van der Waals surface area contributed by atoms with Crippen LogP contribution in [-0.4, -0.2) is 110 Å². The number of aromatic nitrogens is 12. The van der Waals surface area contributed by atoms with Crippen molar-refractivity contribution in [3.63, 3.8) is 0 Å². The third-order valence-electron chi connectivity index (χ3n) is 11.4. The van der Waals surface area contributed by atoms with Crippen LogP contribution in [0.2, 0.25) is 0 Å². The molecule has 398 valence electrons. The molecule has 0 saturated carbocycles. The lowest BCUT2D eigenvalue weighted by atomic mass is 10.2. The van der Waals surface area contributed by atoms with E-state index in [1.54, 1.807) is 18.2 Å². The molecule has 0 bridgehead atoms. The third-order valence-corrected chi connectivity index (χ3v) is 11.4. The first-order valence-corrected chi connectivity index (χ1v) is 23.1. The van der Waals surface area contributed by atoms with Gasteiger partial charge in [-0.15, -0.1) is 26.3 Å². The maximum atomic E-state index is 13.2. The summed E-state index contributed by atoms with van der Waals surface area (Å²) in [5.74, 6) is -0.660. The summed E-state index contributed by atoms with van der Waals surface area (Å²) in [5.41, 5.74) is -1.60. The highest BCUT2D eigenvalue weighted by Gasteiger charge is 2.33. The Morgan fingerprint density at radius 1 is 0.584 bits per heavy atom. The van der Waals surface area contributed by atoms with Gasteiger partial charge in [0.05, 0.1) is 37.4 Å². The molecular formula is C51H48F4N14O8. The number of carbonyl (C=O) groups is 2. The normalized spacial score (nSPS) is 11.2. The lowest BCUT2D eigenvalue weighted by Gasteiger charge is -2.21. The zero-order valence-corrected chi connectivity index (χ0v) is 41.4. The predicted molar refractivity (Wildman–Crippen MR) is 277 cm³/mol. The summed E-state index contributed by atoms with van der Waals surface area (Å²) in [5, 5.41) is 0. The molecular weight excluding hydrogens is 1010 g/mol. The van der Waals surface area contributed by atoms with Gasteiger partial charge in [0.15, 0.2) is 11.3 Å². The fraction of sp³-hybridized carbons (Fsp3) is 0.216. The molecule has 0 radical (unpaired) electrons. The van der Waals surface area contributed by atoms with Gasteiger partial charge in [-0.25, -0.2) is 34.5 Å². The first-order valence-electron chi connectivity index (χ1n) is 23.1. The Morgan fingerprint density at radius 2 is 1.00 bits per heavy atom. The summed E-state index contributed by atoms with van der Waals surface area (Å²) < 4.78 is 66.8. The molecule has 0 unspecified atom stereocenters. The number of carbonyl (C=O) groups excluding carboxylic acids is 2. The van der Waals surface area contributed by atoms with E-state index in [-0.39, 0.29) is 97.6 Å². The molecule has 0 aliphatic rings. The predicted octanol–water partition coefficient (Wildman–Crippen LogP) is 5.17. The summed E-state index contributed by atoms with van der Waals surface area (Å²) in [6, 6.07) is 10.6. The Kier molecular flexibility index (Phi) is 17.3. The molecule has 2 N–H and O–H groups in total. The molecule has 0 aromatic carbocycles. The maximum absolute atomic E-state index is 13.2. The van der Waals surface area contributed by atoms with Gasteiger partial charge >= 0.3 is 17.6 Å². The number of rotatable bonds is 20. The van der Waals surface area contributed by atoms with Crippen molar-refractivity contribution in [1.29, 1.82) is 0 Å². The molecule has 0 aliphatic heterocycles. The highest BCUT2D eigenvalue weighted by Crippen LogP contribution is 2.28. The van der Waals surface area contributed by atoms with Crippen LogP contribution in [0.1, 0.15) is 26.4 Å². The van der Waals surface area contributed by atoms with Crippen LogP contribution in [0.15, 0.2) is 143 Å². The number of imidazole rings is 2. The average molecular weight is 1060 g/mol. The number of halogens is 4. The Morgan fingerprint density at radius 3 is 1.34 bits per heavy atom. The van der Waals surface area contributed by atoms with E-state index >= 15 is 0 Å². The number of allylic oxidation sites excluding steroid dienone is 4. The number of fused-ring (bicyclic) bond motifs is 2. The molecule has 77 heavy (non-hydrogen) atoms. The van der Waals surface area contributed by atoms with E-state index in [2.05, 4.69) is 66.2 Å². The minimum Gasteiger partial charge on any atom is -0.383 e. The number of anilines is 2. The number of amides is 2. The number of aromatic amines is 2. The Balaban J connectivity index is 0.000000224. The highest BCUT2D eigenvalue weighted by atomic mass is 19.4. The van der Waals surface area contributed by atoms with Gasteiger partial charge in [-0.1, -0.05) is 24.3 Å². The molecule has 2 amide bonds. The largest absolute Gasteiger partial charge is 0.433 e. The van der Waals surface area contributed by atoms with Crippen molar-refractivity contribution in [2.75, 3.05) is 50.3 Å². The summed E-state index contributed by atoms with van der Waals surface area (Å²) in [4.78, 5) is 111. The first-order chi connectivity index (χ1) is 37.0. The van der Waals surface area contributed by atoms with Crippen LogP contribution < -0.4 is 32.3 Å². The van der Waals surface area contributed by atoms with E-state index < -0.39 is 52.1 Å². The van der Waals surface area contributed by atoms with E-state index in [1.165, 1.54) is 82.0 Å². The number of methoxy groups -OCH3 is 2. The van der Waals surface area contributed by atoms with Crippen molar-refractivity contribution in [2.45, 2.75) is 32.4 Å². The number of ether oxygens (including phenoxy) is 2. The number of nitrogens with one attached hydrogen (secondary N) is 2. The Hall–Kier alpha value is -9.56. The van der Waals surface area contributed by atoms with Crippen molar-refractivity contribution >= 4 is 45.8 Å². The second kappa shape index (κ2) is 24.2. The minimum absolute atomic E-state index is 0.00907. The van der Waals surface area contributed by atoms with Crippen molar-refractivity contribution in [1.82, 2.24) is 58.1 Å². The van der Waals surface area contributed by atoms with Gasteiger partial charge in [0.25, 0.3) is 22.9 Å². The Bertz CT molecular complexity index is 3730. The van der Waals surface area contributed by atoms with Crippen LogP contribution in [-0.2, 0) is 41.8 Å². The van der Waals surface area contributed by atoms with Gasteiger partial charge in [0.1, 0.15) is 40.0 Å². The number of hydrogen-bond donors (Lipinski definition) is 2.